The summed E-state index contributed by atoms with van der Waals surface area (Å²) in [5, 5.41) is -0.458. The number of hydrogen-bond acceptors (Lipinski definition) is 3. The van der Waals surface area contributed by atoms with Crippen LogP contribution in [0.5, 0.6) is 0 Å². The third-order valence-electron chi connectivity index (χ3n) is 1.78. The molecule has 1 saturated heterocycles. The van der Waals surface area contributed by atoms with E-state index in [1.807, 2.05) is 0 Å². The minimum atomic E-state index is -2.96. The van der Waals surface area contributed by atoms with Gasteiger partial charge in [0.15, 0.2) is 9.84 Å². The minimum Gasteiger partial charge on any atom is -0.243 e. The molecule has 0 N–H and O–H groups in total. The first-order chi connectivity index (χ1) is 5.02. The van der Waals surface area contributed by atoms with Gasteiger partial charge in [-0.2, -0.15) is 0 Å². The summed E-state index contributed by atoms with van der Waals surface area (Å²) in [5.74, 6) is 0.315. The average molecular weight is 217 g/mol. The van der Waals surface area contributed by atoms with Crippen molar-refractivity contribution >= 4 is 30.5 Å². The Labute approximate surface area is 73.0 Å². The van der Waals surface area contributed by atoms with Crippen LogP contribution in [0.2, 0.25) is 0 Å². The van der Waals surface area contributed by atoms with Gasteiger partial charge in [-0.25, -0.2) is 12.6 Å². The fraction of sp³-hybridized carbons (Fsp3) is 1.00. The Bertz CT molecular complexity index is 259. The first-order valence-corrected chi connectivity index (χ1v) is 7.14. The number of hydrogen-bond donors (Lipinski definition) is 0. The minimum absolute atomic E-state index is 0.0872. The summed E-state index contributed by atoms with van der Waals surface area (Å²) in [4.78, 5) is 0. The third-order valence-corrected chi connectivity index (χ3v) is 5.31. The molecular formula is C5H9ClO3S2. The molecule has 0 saturated carbocycles. The lowest BCUT2D eigenvalue weighted by molar-refractivity contribution is 0.593. The van der Waals surface area contributed by atoms with Gasteiger partial charge in [0.05, 0.1) is 16.8 Å². The Morgan fingerprint density at radius 3 is 2.55 bits per heavy atom. The SMILES string of the molecule is O=S(Cl)CC1CCCS1(=O)=O. The second kappa shape index (κ2) is 3.41. The zero-order chi connectivity index (χ0) is 8.48. The van der Waals surface area contributed by atoms with Crippen molar-refractivity contribution in [2.24, 2.45) is 0 Å². The van der Waals surface area contributed by atoms with Crippen LogP contribution in [0.1, 0.15) is 12.8 Å². The Morgan fingerprint density at radius 2 is 2.18 bits per heavy atom. The van der Waals surface area contributed by atoms with Crippen LogP contribution in [0.25, 0.3) is 0 Å². The van der Waals surface area contributed by atoms with Gasteiger partial charge in [-0.1, -0.05) is 0 Å². The molecule has 1 fully saturated rings. The van der Waals surface area contributed by atoms with E-state index in [2.05, 4.69) is 0 Å². The molecule has 66 valence electrons. The normalized spacial score (nSPS) is 31.9. The van der Waals surface area contributed by atoms with E-state index in [-0.39, 0.29) is 11.5 Å². The summed E-state index contributed by atoms with van der Waals surface area (Å²) in [6, 6.07) is 0. The average Bonchev–Trinajstić information content (AvgIpc) is 2.10. The lowest BCUT2D eigenvalue weighted by atomic mass is 10.3. The smallest absolute Gasteiger partial charge is 0.154 e. The molecule has 0 amide bonds. The Morgan fingerprint density at radius 1 is 1.55 bits per heavy atom. The first-order valence-electron chi connectivity index (χ1n) is 3.28. The van der Waals surface area contributed by atoms with Gasteiger partial charge >= 0.3 is 0 Å². The number of halogens is 1. The molecule has 1 heterocycles. The van der Waals surface area contributed by atoms with Gasteiger partial charge < -0.3 is 0 Å². The second-order valence-electron chi connectivity index (χ2n) is 2.59. The van der Waals surface area contributed by atoms with E-state index in [9.17, 15) is 12.6 Å². The highest BCUT2D eigenvalue weighted by molar-refractivity contribution is 8.09. The lowest BCUT2D eigenvalue weighted by Gasteiger charge is -2.03. The van der Waals surface area contributed by atoms with Gasteiger partial charge in [-0.05, 0) is 23.5 Å². The van der Waals surface area contributed by atoms with Crippen LogP contribution in [-0.4, -0.2) is 29.4 Å². The van der Waals surface area contributed by atoms with Crippen LogP contribution < -0.4 is 0 Å². The second-order valence-corrected chi connectivity index (χ2v) is 6.93. The summed E-state index contributed by atoms with van der Waals surface area (Å²) in [5.41, 5.74) is 0. The van der Waals surface area contributed by atoms with Crippen molar-refractivity contribution in [1.29, 1.82) is 0 Å². The van der Waals surface area contributed by atoms with Gasteiger partial charge in [0.1, 0.15) is 10.0 Å². The van der Waals surface area contributed by atoms with Crippen molar-refractivity contribution in [1.82, 2.24) is 0 Å². The molecule has 6 heteroatoms. The molecule has 1 aliphatic heterocycles. The molecular weight excluding hydrogens is 208 g/mol. The van der Waals surface area contributed by atoms with E-state index in [0.29, 0.717) is 12.8 Å². The highest BCUT2D eigenvalue weighted by Crippen LogP contribution is 2.21. The monoisotopic (exact) mass is 216 g/mol. The predicted octanol–water partition coefficient (Wildman–Crippen LogP) is 0.466. The summed E-state index contributed by atoms with van der Waals surface area (Å²) >= 11 is 0. The summed E-state index contributed by atoms with van der Waals surface area (Å²) in [6.07, 6.45) is 1.29. The van der Waals surface area contributed by atoms with E-state index < -0.39 is 25.1 Å². The molecule has 11 heavy (non-hydrogen) atoms. The standard InChI is InChI=1S/C5H9ClO3S2/c6-10(7)4-5-2-1-3-11(5,8)9/h5H,1-4H2. The fourth-order valence-electron chi connectivity index (χ4n) is 1.19. The molecule has 0 aromatic heterocycles. The summed E-state index contributed by atoms with van der Waals surface area (Å²) in [6.45, 7) is 0. The van der Waals surface area contributed by atoms with Crippen LogP contribution in [-0.2, 0) is 19.9 Å². The molecule has 0 aromatic carbocycles. The van der Waals surface area contributed by atoms with Gasteiger partial charge in [0.25, 0.3) is 0 Å². The van der Waals surface area contributed by atoms with Crippen molar-refractivity contribution in [3.63, 3.8) is 0 Å². The van der Waals surface area contributed by atoms with Crippen LogP contribution in [0.4, 0.5) is 0 Å². The molecule has 0 radical (unpaired) electrons. The number of sulfone groups is 1. The van der Waals surface area contributed by atoms with Gasteiger partial charge in [-0.15, -0.1) is 0 Å². The molecule has 0 bridgehead atoms. The highest BCUT2D eigenvalue weighted by Gasteiger charge is 2.32. The molecule has 1 rings (SSSR count). The molecule has 2 atom stereocenters. The highest BCUT2D eigenvalue weighted by atomic mass is 35.7. The number of rotatable bonds is 2. The van der Waals surface area contributed by atoms with Crippen molar-refractivity contribution < 1.29 is 12.6 Å². The van der Waals surface area contributed by atoms with E-state index in [1.54, 1.807) is 0 Å². The lowest BCUT2D eigenvalue weighted by Crippen LogP contribution is -2.21. The van der Waals surface area contributed by atoms with Crippen LogP contribution in [0, 0.1) is 0 Å². The van der Waals surface area contributed by atoms with Gasteiger partial charge in [0.2, 0.25) is 0 Å². The van der Waals surface area contributed by atoms with E-state index >= 15 is 0 Å². The molecule has 2 unspecified atom stereocenters. The van der Waals surface area contributed by atoms with Crippen molar-refractivity contribution in [3.05, 3.63) is 0 Å². The Hall–Kier alpha value is 0.390. The Kier molecular flexibility index (Phi) is 2.94. The van der Waals surface area contributed by atoms with Crippen molar-refractivity contribution in [3.8, 4) is 0 Å². The van der Waals surface area contributed by atoms with Gasteiger partial charge in [-0.3, -0.25) is 0 Å². The van der Waals surface area contributed by atoms with Crippen LogP contribution in [0.15, 0.2) is 0 Å². The van der Waals surface area contributed by atoms with Gasteiger partial charge in [0, 0.05) is 0 Å². The zero-order valence-electron chi connectivity index (χ0n) is 5.82. The summed E-state index contributed by atoms with van der Waals surface area (Å²) < 4.78 is 32.7. The van der Waals surface area contributed by atoms with E-state index in [1.165, 1.54) is 0 Å². The summed E-state index contributed by atoms with van der Waals surface area (Å²) in [7, 11) is 0.724. The molecule has 0 aromatic rings. The topological polar surface area (TPSA) is 51.2 Å². The maximum absolute atomic E-state index is 11.1. The first kappa shape index (κ1) is 9.48. The molecule has 3 nitrogen and oxygen atoms in total. The largest absolute Gasteiger partial charge is 0.243 e. The fourth-order valence-corrected chi connectivity index (χ4v) is 4.96. The Balaban J connectivity index is 2.66. The van der Waals surface area contributed by atoms with E-state index in [4.69, 9.17) is 10.7 Å². The predicted molar refractivity (Wildman–Crippen MR) is 45.7 cm³/mol. The quantitative estimate of drug-likeness (QED) is 0.631. The zero-order valence-corrected chi connectivity index (χ0v) is 8.21. The molecule has 1 aliphatic rings. The van der Waals surface area contributed by atoms with Crippen molar-refractivity contribution in [2.45, 2.75) is 18.1 Å². The van der Waals surface area contributed by atoms with Crippen LogP contribution in [0.3, 0.4) is 0 Å². The third kappa shape index (κ3) is 2.42. The van der Waals surface area contributed by atoms with Crippen molar-refractivity contribution in [2.75, 3.05) is 11.5 Å². The van der Waals surface area contributed by atoms with Crippen LogP contribution >= 0.6 is 10.7 Å². The van der Waals surface area contributed by atoms with E-state index in [0.717, 1.165) is 0 Å². The molecule has 0 spiro atoms. The molecule has 0 aliphatic carbocycles. The maximum Gasteiger partial charge on any atom is 0.154 e. The maximum atomic E-state index is 11.1.